The van der Waals surface area contributed by atoms with E-state index >= 15 is 0 Å². The van der Waals surface area contributed by atoms with Crippen LogP contribution in [0, 0.1) is 5.82 Å². The van der Waals surface area contributed by atoms with Gasteiger partial charge in [-0.3, -0.25) is 4.79 Å². The second-order valence-electron chi connectivity index (χ2n) is 4.85. The number of benzene rings is 1. The SMILES string of the molecule is COCc1c(C(=O)NCCC(C)O)sc2cccc(F)c12. The third kappa shape index (κ3) is 3.58. The van der Waals surface area contributed by atoms with Crippen molar-refractivity contribution in [2.45, 2.75) is 26.1 Å². The van der Waals surface area contributed by atoms with Crippen molar-refractivity contribution < 1.29 is 19.0 Å². The van der Waals surface area contributed by atoms with Crippen LogP contribution in [0.2, 0.25) is 0 Å². The van der Waals surface area contributed by atoms with Crippen molar-refractivity contribution >= 4 is 27.3 Å². The first-order valence-electron chi connectivity index (χ1n) is 6.69. The molecule has 6 heteroatoms. The van der Waals surface area contributed by atoms with Gasteiger partial charge in [0, 0.05) is 29.3 Å². The minimum Gasteiger partial charge on any atom is -0.393 e. The van der Waals surface area contributed by atoms with E-state index < -0.39 is 6.10 Å². The normalized spacial score (nSPS) is 12.6. The first-order chi connectivity index (χ1) is 10.0. The van der Waals surface area contributed by atoms with Crippen molar-refractivity contribution in [2.75, 3.05) is 13.7 Å². The van der Waals surface area contributed by atoms with Gasteiger partial charge in [0.2, 0.25) is 0 Å². The lowest BCUT2D eigenvalue weighted by Crippen LogP contribution is -2.26. The summed E-state index contributed by atoms with van der Waals surface area (Å²) < 4.78 is 19.8. The number of methoxy groups -OCH3 is 1. The van der Waals surface area contributed by atoms with Crippen LogP contribution in [-0.2, 0) is 11.3 Å². The summed E-state index contributed by atoms with van der Waals surface area (Å²) >= 11 is 1.25. The summed E-state index contributed by atoms with van der Waals surface area (Å²) in [5.74, 6) is -0.609. The van der Waals surface area contributed by atoms with Crippen LogP contribution in [-0.4, -0.2) is 30.8 Å². The predicted molar refractivity (Wildman–Crippen MR) is 81.1 cm³/mol. The van der Waals surface area contributed by atoms with Crippen LogP contribution in [0.3, 0.4) is 0 Å². The number of fused-ring (bicyclic) bond motifs is 1. The summed E-state index contributed by atoms with van der Waals surface area (Å²) in [7, 11) is 1.51. The van der Waals surface area contributed by atoms with Gasteiger partial charge in [0.15, 0.2) is 0 Å². The lowest BCUT2D eigenvalue weighted by Gasteiger charge is -2.07. The fourth-order valence-corrected chi connectivity index (χ4v) is 3.25. The molecule has 0 bridgehead atoms. The maximum absolute atomic E-state index is 14.0. The molecule has 0 aliphatic rings. The van der Waals surface area contributed by atoms with Gasteiger partial charge < -0.3 is 15.2 Å². The largest absolute Gasteiger partial charge is 0.393 e. The molecule has 2 rings (SSSR count). The topological polar surface area (TPSA) is 58.6 Å². The molecule has 0 fully saturated rings. The number of halogens is 1. The molecule has 21 heavy (non-hydrogen) atoms. The van der Waals surface area contributed by atoms with E-state index in [0.717, 1.165) is 4.70 Å². The molecule has 1 aromatic heterocycles. The Morgan fingerprint density at radius 3 is 2.95 bits per heavy atom. The zero-order chi connectivity index (χ0) is 15.4. The van der Waals surface area contributed by atoms with Gasteiger partial charge in [0.05, 0.1) is 17.6 Å². The highest BCUT2D eigenvalue weighted by atomic mass is 32.1. The summed E-state index contributed by atoms with van der Waals surface area (Å²) in [5, 5.41) is 12.4. The third-order valence-electron chi connectivity index (χ3n) is 3.11. The van der Waals surface area contributed by atoms with Crippen molar-refractivity contribution in [3.05, 3.63) is 34.5 Å². The Hall–Kier alpha value is -1.50. The number of amides is 1. The highest BCUT2D eigenvalue weighted by Gasteiger charge is 2.20. The Morgan fingerprint density at radius 1 is 1.52 bits per heavy atom. The number of aliphatic hydroxyl groups excluding tert-OH is 1. The summed E-state index contributed by atoms with van der Waals surface area (Å²) in [5.41, 5.74) is 0.574. The van der Waals surface area contributed by atoms with Crippen molar-refractivity contribution in [1.82, 2.24) is 5.32 Å². The lowest BCUT2D eigenvalue weighted by atomic mass is 10.1. The van der Waals surface area contributed by atoms with Crippen LogP contribution in [0.1, 0.15) is 28.6 Å². The number of thiophene rings is 1. The molecule has 0 aliphatic heterocycles. The Bertz CT molecular complexity index is 639. The Labute approximate surface area is 126 Å². The van der Waals surface area contributed by atoms with Gasteiger partial charge in [0.25, 0.3) is 5.91 Å². The smallest absolute Gasteiger partial charge is 0.261 e. The zero-order valence-corrected chi connectivity index (χ0v) is 12.8. The van der Waals surface area contributed by atoms with E-state index in [4.69, 9.17) is 4.74 Å². The lowest BCUT2D eigenvalue weighted by molar-refractivity contribution is 0.0945. The molecule has 2 N–H and O–H groups in total. The molecule has 2 aromatic rings. The Balaban J connectivity index is 2.32. The van der Waals surface area contributed by atoms with E-state index in [1.807, 2.05) is 0 Å². The summed E-state index contributed by atoms with van der Waals surface area (Å²) in [4.78, 5) is 12.7. The third-order valence-corrected chi connectivity index (χ3v) is 4.30. The molecule has 0 spiro atoms. The molecule has 1 atom stereocenters. The van der Waals surface area contributed by atoms with Gasteiger partial charge in [-0.05, 0) is 25.5 Å². The monoisotopic (exact) mass is 311 g/mol. The predicted octanol–water partition coefficient (Wildman–Crippen LogP) is 2.69. The molecule has 1 aromatic carbocycles. The van der Waals surface area contributed by atoms with Crippen molar-refractivity contribution in [3.8, 4) is 0 Å². The van der Waals surface area contributed by atoms with Crippen LogP contribution in [0.4, 0.5) is 4.39 Å². The Kier molecular flexibility index (Phi) is 5.27. The molecule has 1 heterocycles. The van der Waals surface area contributed by atoms with E-state index in [2.05, 4.69) is 5.32 Å². The van der Waals surface area contributed by atoms with Crippen LogP contribution < -0.4 is 5.32 Å². The fourth-order valence-electron chi connectivity index (χ4n) is 2.11. The zero-order valence-electron chi connectivity index (χ0n) is 12.0. The Morgan fingerprint density at radius 2 is 2.29 bits per heavy atom. The van der Waals surface area contributed by atoms with E-state index in [1.165, 1.54) is 24.5 Å². The summed E-state index contributed by atoms with van der Waals surface area (Å²) in [6.45, 7) is 2.22. The number of nitrogens with one attached hydrogen (secondary N) is 1. The van der Waals surface area contributed by atoms with Crippen LogP contribution in [0.5, 0.6) is 0 Å². The van der Waals surface area contributed by atoms with Gasteiger partial charge in [-0.25, -0.2) is 4.39 Å². The number of hydrogen-bond donors (Lipinski definition) is 2. The quantitative estimate of drug-likeness (QED) is 0.862. The average Bonchev–Trinajstić information content (AvgIpc) is 2.79. The number of ether oxygens (including phenoxy) is 1. The average molecular weight is 311 g/mol. The van der Waals surface area contributed by atoms with Crippen LogP contribution in [0.25, 0.3) is 10.1 Å². The van der Waals surface area contributed by atoms with Crippen LogP contribution >= 0.6 is 11.3 Å². The molecular formula is C15H18FNO3S. The van der Waals surface area contributed by atoms with Gasteiger partial charge >= 0.3 is 0 Å². The first-order valence-corrected chi connectivity index (χ1v) is 7.51. The molecular weight excluding hydrogens is 293 g/mol. The minimum atomic E-state index is -0.469. The number of rotatable bonds is 6. The van der Waals surface area contributed by atoms with Crippen molar-refractivity contribution in [3.63, 3.8) is 0 Å². The van der Waals surface area contributed by atoms with E-state index in [1.54, 1.807) is 19.1 Å². The molecule has 0 radical (unpaired) electrons. The minimum absolute atomic E-state index is 0.181. The fraction of sp³-hybridized carbons (Fsp3) is 0.400. The molecule has 0 aliphatic carbocycles. The number of carbonyl (C=O) groups is 1. The van der Waals surface area contributed by atoms with E-state index in [9.17, 15) is 14.3 Å². The standard InChI is InChI=1S/C15H18FNO3S/c1-9(18)6-7-17-15(19)14-10(8-20-2)13-11(16)4-3-5-12(13)21-14/h3-5,9,18H,6-8H2,1-2H3,(H,17,19). The van der Waals surface area contributed by atoms with Crippen molar-refractivity contribution in [1.29, 1.82) is 0 Å². The van der Waals surface area contributed by atoms with Gasteiger partial charge in [-0.15, -0.1) is 11.3 Å². The molecule has 0 saturated heterocycles. The summed E-state index contributed by atoms with van der Waals surface area (Å²) in [6, 6.07) is 4.79. The molecule has 1 amide bonds. The molecule has 0 saturated carbocycles. The highest BCUT2D eigenvalue weighted by molar-refractivity contribution is 7.21. The van der Waals surface area contributed by atoms with Gasteiger partial charge in [0.1, 0.15) is 5.82 Å². The highest BCUT2D eigenvalue weighted by Crippen LogP contribution is 2.33. The van der Waals surface area contributed by atoms with Crippen LogP contribution in [0.15, 0.2) is 18.2 Å². The number of carbonyl (C=O) groups excluding carboxylic acids is 1. The molecule has 114 valence electrons. The number of hydrogen-bond acceptors (Lipinski definition) is 4. The van der Waals surface area contributed by atoms with Gasteiger partial charge in [-0.1, -0.05) is 6.07 Å². The van der Waals surface area contributed by atoms with Gasteiger partial charge in [-0.2, -0.15) is 0 Å². The molecule has 4 nitrogen and oxygen atoms in total. The van der Waals surface area contributed by atoms with E-state index in [0.29, 0.717) is 28.8 Å². The number of aliphatic hydroxyl groups is 1. The second kappa shape index (κ2) is 6.98. The van der Waals surface area contributed by atoms with Crippen molar-refractivity contribution in [2.24, 2.45) is 0 Å². The second-order valence-corrected chi connectivity index (χ2v) is 5.90. The first kappa shape index (κ1) is 15.9. The van der Waals surface area contributed by atoms with E-state index in [-0.39, 0.29) is 18.3 Å². The molecule has 1 unspecified atom stereocenters. The maximum Gasteiger partial charge on any atom is 0.261 e. The summed E-state index contributed by atoms with van der Waals surface area (Å²) in [6.07, 6.45) is 0.00790. The maximum atomic E-state index is 14.0.